The van der Waals surface area contributed by atoms with Gasteiger partial charge in [0.15, 0.2) is 17.1 Å². The largest absolute Gasteiger partial charge is 0.493 e. The van der Waals surface area contributed by atoms with Gasteiger partial charge in [-0.05, 0) is 31.5 Å². The maximum absolute atomic E-state index is 5.50. The van der Waals surface area contributed by atoms with Crippen molar-refractivity contribution in [1.29, 1.82) is 0 Å². The van der Waals surface area contributed by atoms with Crippen LogP contribution in [0.3, 0.4) is 0 Å². The summed E-state index contributed by atoms with van der Waals surface area (Å²) in [6, 6.07) is 8.09. The first kappa shape index (κ1) is 18.6. The summed E-state index contributed by atoms with van der Waals surface area (Å²) >= 11 is 0. The molecule has 148 valence electrons. The summed E-state index contributed by atoms with van der Waals surface area (Å²) in [6.45, 7) is 8.39. The van der Waals surface area contributed by atoms with Crippen molar-refractivity contribution < 1.29 is 14.4 Å². The standard InChI is InChI=1S/C21H27N5O2/c1-14-12-19(25-10-8-24(3)9-11-25)26-21(22-14)20(15(2)23-26)16-6-7-17(27-4)18(13-16)28-5/h6-7,12-13H,8-11H2,1-5H3/p+1. The minimum absolute atomic E-state index is 0.702. The molecule has 1 aromatic carbocycles. The van der Waals surface area contributed by atoms with Gasteiger partial charge in [-0.2, -0.15) is 9.61 Å². The number of anilines is 1. The summed E-state index contributed by atoms with van der Waals surface area (Å²) in [5, 5.41) is 4.86. The van der Waals surface area contributed by atoms with Gasteiger partial charge in [0.2, 0.25) is 0 Å². The normalized spacial score (nSPS) is 15.2. The van der Waals surface area contributed by atoms with E-state index in [2.05, 4.69) is 18.0 Å². The first-order valence-corrected chi connectivity index (χ1v) is 9.67. The van der Waals surface area contributed by atoms with Crippen molar-refractivity contribution in [3.05, 3.63) is 35.7 Å². The van der Waals surface area contributed by atoms with Crippen LogP contribution in [0, 0.1) is 13.8 Å². The van der Waals surface area contributed by atoms with Crippen LogP contribution in [-0.4, -0.2) is 62.0 Å². The van der Waals surface area contributed by atoms with E-state index in [4.69, 9.17) is 19.6 Å². The summed E-state index contributed by atoms with van der Waals surface area (Å²) in [7, 11) is 5.55. The molecule has 1 N–H and O–H groups in total. The zero-order chi connectivity index (χ0) is 19.8. The van der Waals surface area contributed by atoms with E-state index in [0.717, 1.165) is 60.2 Å². The first-order valence-electron chi connectivity index (χ1n) is 9.67. The molecule has 3 aromatic rings. The summed E-state index contributed by atoms with van der Waals surface area (Å²) in [6.07, 6.45) is 0. The lowest BCUT2D eigenvalue weighted by molar-refractivity contribution is -0.880. The minimum Gasteiger partial charge on any atom is -0.493 e. The Kier molecular flexibility index (Phi) is 4.85. The number of fused-ring (bicyclic) bond motifs is 1. The second kappa shape index (κ2) is 7.31. The highest BCUT2D eigenvalue weighted by atomic mass is 16.5. The number of benzene rings is 1. The molecule has 0 bridgehead atoms. The van der Waals surface area contributed by atoms with Crippen LogP contribution < -0.4 is 19.3 Å². The average Bonchev–Trinajstić information content (AvgIpc) is 3.03. The molecular weight excluding hydrogens is 354 g/mol. The summed E-state index contributed by atoms with van der Waals surface area (Å²) in [5.41, 5.74) is 4.88. The second-order valence-corrected chi connectivity index (χ2v) is 7.47. The molecule has 2 aromatic heterocycles. The third-order valence-corrected chi connectivity index (χ3v) is 5.49. The SMILES string of the molecule is COc1ccc(-c2c(C)nn3c(N4CC[NH+](C)CC4)cc(C)nc23)cc1OC. The molecule has 0 unspecified atom stereocenters. The highest BCUT2D eigenvalue weighted by molar-refractivity contribution is 5.82. The van der Waals surface area contributed by atoms with Gasteiger partial charge in [-0.3, -0.25) is 0 Å². The van der Waals surface area contributed by atoms with E-state index in [1.165, 1.54) is 0 Å². The Morgan fingerprint density at radius 1 is 1.00 bits per heavy atom. The fraction of sp³-hybridized carbons (Fsp3) is 0.429. The molecule has 1 saturated heterocycles. The monoisotopic (exact) mass is 382 g/mol. The molecule has 0 amide bonds. The second-order valence-electron chi connectivity index (χ2n) is 7.47. The number of aromatic nitrogens is 3. The fourth-order valence-corrected chi connectivity index (χ4v) is 3.90. The quantitative estimate of drug-likeness (QED) is 0.739. The third-order valence-electron chi connectivity index (χ3n) is 5.49. The van der Waals surface area contributed by atoms with Gasteiger partial charge in [0.1, 0.15) is 5.82 Å². The van der Waals surface area contributed by atoms with E-state index >= 15 is 0 Å². The van der Waals surface area contributed by atoms with Crippen molar-refractivity contribution in [2.45, 2.75) is 13.8 Å². The molecule has 0 spiro atoms. The van der Waals surface area contributed by atoms with E-state index in [9.17, 15) is 0 Å². The molecule has 7 nitrogen and oxygen atoms in total. The van der Waals surface area contributed by atoms with Gasteiger partial charge >= 0.3 is 0 Å². The number of ether oxygens (including phenoxy) is 2. The maximum atomic E-state index is 5.50. The molecule has 4 rings (SSSR count). The topological polar surface area (TPSA) is 56.3 Å². The molecule has 1 aliphatic rings. The summed E-state index contributed by atoms with van der Waals surface area (Å²) in [5.74, 6) is 2.53. The lowest BCUT2D eigenvalue weighted by Crippen LogP contribution is -3.12. The Balaban J connectivity index is 1.86. The van der Waals surface area contributed by atoms with Crippen molar-refractivity contribution in [2.75, 3.05) is 52.3 Å². The van der Waals surface area contributed by atoms with Crippen LogP contribution in [0.2, 0.25) is 0 Å². The number of hydrogen-bond acceptors (Lipinski definition) is 5. The third kappa shape index (κ3) is 3.16. The molecule has 28 heavy (non-hydrogen) atoms. The van der Waals surface area contributed by atoms with Crippen LogP contribution >= 0.6 is 0 Å². The lowest BCUT2D eigenvalue weighted by atomic mass is 10.1. The van der Waals surface area contributed by atoms with Crippen LogP contribution in [0.1, 0.15) is 11.4 Å². The number of aryl methyl sites for hydroxylation is 2. The molecule has 0 aliphatic carbocycles. The van der Waals surface area contributed by atoms with Gasteiger partial charge < -0.3 is 19.3 Å². The van der Waals surface area contributed by atoms with Crippen LogP contribution in [-0.2, 0) is 0 Å². The van der Waals surface area contributed by atoms with Crippen molar-refractivity contribution in [2.24, 2.45) is 0 Å². The number of piperazine rings is 1. The smallest absolute Gasteiger partial charge is 0.165 e. The summed E-state index contributed by atoms with van der Waals surface area (Å²) < 4.78 is 12.9. The van der Waals surface area contributed by atoms with Gasteiger partial charge in [-0.1, -0.05) is 6.07 Å². The number of nitrogens with one attached hydrogen (secondary N) is 1. The molecule has 0 saturated carbocycles. The van der Waals surface area contributed by atoms with E-state index in [1.807, 2.05) is 36.6 Å². The number of rotatable bonds is 4. The highest BCUT2D eigenvalue weighted by Gasteiger charge is 2.23. The predicted molar refractivity (Wildman–Crippen MR) is 110 cm³/mol. The maximum Gasteiger partial charge on any atom is 0.165 e. The number of nitrogens with zero attached hydrogens (tertiary/aromatic N) is 4. The van der Waals surface area contributed by atoms with Gasteiger partial charge in [0.25, 0.3) is 0 Å². The van der Waals surface area contributed by atoms with Gasteiger partial charge in [-0.25, -0.2) is 4.98 Å². The van der Waals surface area contributed by atoms with Crippen molar-refractivity contribution in [1.82, 2.24) is 14.6 Å². The molecule has 0 atom stereocenters. The van der Waals surface area contributed by atoms with Gasteiger partial charge in [0, 0.05) is 17.3 Å². The first-order chi connectivity index (χ1) is 13.5. The Morgan fingerprint density at radius 3 is 2.39 bits per heavy atom. The van der Waals surface area contributed by atoms with Crippen LogP contribution in [0.25, 0.3) is 16.8 Å². The molecule has 0 radical (unpaired) electrons. The average molecular weight is 382 g/mol. The lowest BCUT2D eigenvalue weighted by Gasteiger charge is -2.31. The zero-order valence-corrected chi connectivity index (χ0v) is 17.2. The van der Waals surface area contributed by atoms with Gasteiger partial charge in [-0.15, -0.1) is 0 Å². The molecule has 7 heteroatoms. The minimum atomic E-state index is 0.702. The number of quaternary nitrogens is 1. The Morgan fingerprint density at radius 2 is 1.71 bits per heavy atom. The van der Waals surface area contributed by atoms with Gasteiger partial charge in [0.05, 0.1) is 53.1 Å². The fourth-order valence-electron chi connectivity index (χ4n) is 3.90. The Bertz CT molecular complexity index is 1010. The Labute approximate surface area is 165 Å². The van der Waals surface area contributed by atoms with Crippen molar-refractivity contribution in [3.63, 3.8) is 0 Å². The van der Waals surface area contributed by atoms with Crippen LogP contribution in [0.4, 0.5) is 5.82 Å². The number of methoxy groups -OCH3 is 2. The summed E-state index contributed by atoms with van der Waals surface area (Å²) in [4.78, 5) is 8.82. The molecule has 1 aliphatic heterocycles. The molecular formula is C21H28N5O2+. The molecule has 3 heterocycles. The van der Waals surface area contributed by atoms with E-state index in [0.29, 0.717) is 11.5 Å². The van der Waals surface area contributed by atoms with E-state index < -0.39 is 0 Å². The van der Waals surface area contributed by atoms with Crippen LogP contribution in [0.5, 0.6) is 11.5 Å². The Hall–Kier alpha value is -2.80. The number of hydrogen-bond donors (Lipinski definition) is 1. The highest BCUT2D eigenvalue weighted by Crippen LogP contribution is 2.36. The van der Waals surface area contributed by atoms with Crippen LogP contribution in [0.15, 0.2) is 24.3 Å². The van der Waals surface area contributed by atoms with Crippen molar-refractivity contribution >= 4 is 11.5 Å². The zero-order valence-electron chi connectivity index (χ0n) is 17.2. The number of likely N-dealkylation sites (N-methyl/N-ethyl adjacent to an activating group) is 1. The predicted octanol–water partition coefficient (Wildman–Crippen LogP) is 1.37. The van der Waals surface area contributed by atoms with E-state index in [-0.39, 0.29) is 0 Å². The van der Waals surface area contributed by atoms with Crippen molar-refractivity contribution in [3.8, 4) is 22.6 Å². The molecule has 1 fully saturated rings. The van der Waals surface area contributed by atoms with E-state index in [1.54, 1.807) is 19.1 Å².